The molecular formula is C9H13NO4. The predicted molar refractivity (Wildman–Crippen MR) is 48.9 cm³/mol. The quantitative estimate of drug-likeness (QED) is 0.636. The average Bonchev–Trinajstić information content (AvgIpc) is 2.17. The van der Waals surface area contributed by atoms with Crippen LogP contribution in [0.5, 0.6) is 0 Å². The second-order valence-corrected chi connectivity index (χ2v) is 3.22. The van der Waals surface area contributed by atoms with Crippen molar-refractivity contribution in [1.29, 1.82) is 0 Å². The van der Waals surface area contributed by atoms with Crippen LogP contribution < -0.4 is 0 Å². The van der Waals surface area contributed by atoms with Gasteiger partial charge in [-0.3, -0.25) is 0 Å². The molecule has 0 saturated carbocycles. The summed E-state index contributed by atoms with van der Waals surface area (Å²) < 4.78 is 4.53. The van der Waals surface area contributed by atoms with E-state index in [0.717, 1.165) is 0 Å². The minimum absolute atomic E-state index is 0.0825. The molecule has 0 spiro atoms. The number of methoxy groups -OCH3 is 1. The average molecular weight is 199 g/mol. The first-order valence-electron chi connectivity index (χ1n) is 4.33. The molecule has 0 radical (unpaired) electrons. The van der Waals surface area contributed by atoms with Crippen LogP contribution in [0.4, 0.5) is 4.79 Å². The third kappa shape index (κ3) is 2.04. The van der Waals surface area contributed by atoms with Crippen LogP contribution in [-0.2, 0) is 9.53 Å². The van der Waals surface area contributed by atoms with Crippen molar-refractivity contribution in [1.82, 2.24) is 4.90 Å². The minimum Gasteiger partial charge on any atom is -0.466 e. The standard InChI is InChI=1S/C9H13NO4/c1-6-3-4-7(8(11)14-2)5-10(6)9(12)13/h4,6H,3,5H2,1-2H3,(H,12,13). The first-order valence-corrected chi connectivity index (χ1v) is 4.33. The van der Waals surface area contributed by atoms with Crippen molar-refractivity contribution in [3.05, 3.63) is 11.6 Å². The molecule has 0 aromatic heterocycles. The van der Waals surface area contributed by atoms with Gasteiger partial charge in [0.25, 0.3) is 0 Å². The van der Waals surface area contributed by atoms with Gasteiger partial charge < -0.3 is 14.7 Å². The SMILES string of the molecule is COC(=O)C1=CCC(C)N(C(=O)O)C1. The molecule has 0 bridgehead atoms. The van der Waals surface area contributed by atoms with Gasteiger partial charge in [-0.2, -0.15) is 0 Å². The number of esters is 1. The van der Waals surface area contributed by atoms with Gasteiger partial charge in [0.05, 0.1) is 19.2 Å². The molecule has 1 unspecified atom stereocenters. The smallest absolute Gasteiger partial charge is 0.407 e. The number of hydrogen-bond donors (Lipinski definition) is 1. The molecule has 1 heterocycles. The van der Waals surface area contributed by atoms with Crippen LogP contribution in [0.2, 0.25) is 0 Å². The van der Waals surface area contributed by atoms with Gasteiger partial charge in [-0.25, -0.2) is 9.59 Å². The van der Waals surface area contributed by atoms with Crippen LogP contribution in [0.1, 0.15) is 13.3 Å². The fourth-order valence-corrected chi connectivity index (χ4v) is 1.38. The van der Waals surface area contributed by atoms with E-state index in [-0.39, 0.29) is 12.6 Å². The Bertz CT molecular complexity index is 285. The van der Waals surface area contributed by atoms with Gasteiger partial charge in [0.15, 0.2) is 0 Å². The number of ether oxygens (including phenoxy) is 1. The molecule has 1 aliphatic heterocycles. The van der Waals surface area contributed by atoms with Crippen molar-refractivity contribution in [2.24, 2.45) is 0 Å². The molecule has 78 valence electrons. The summed E-state index contributed by atoms with van der Waals surface area (Å²) in [6, 6.07) is -0.0825. The van der Waals surface area contributed by atoms with Gasteiger partial charge in [0, 0.05) is 6.04 Å². The Balaban J connectivity index is 2.76. The van der Waals surface area contributed by atoms with Crippen molar-refractivity contribution < 1.29 is 19.4 Å². The summed E-state index contributed by atoms with van der Waals surface area (Å²) in [4.78, 5) is 23.1. The topological polar surface area (TPSA) is 66.8 Å². The number of carbonyl (C=O) groups excluding carboxylic acids is 1. The molecule has 0 fully saturated rings. The maximum absolute atomic E-state index is 11.1. The summed E-state index contributed by atoms with van der Waals surface area (Å²) in [6.45, 7) is 1.92. The van der Waals surface area contributed by atoms with Gasteiger partial charge in [-0.05, 0) is 13.3 Å². The molecule has 1 aliphatic rings. The lowest BCUT2D eigenvalue weighted by Crippen LogP contribution is -2.42. The zero-order valence-corrected chi connectivity index (χ0v) is 8.19. The molecule has 0 aromatic rings. The van der Waals surface area contributed by atoms with Crippen molar-refractivity contribution in [2.75, 3.05) is 13.7 Å². The van der Waals surface area contributed by atoms with Crippen LogP contribution in [0, 0.1) is 0 Å². The van der Waals surface area contributed by atoms with E-state index >= 15 is 0 Å². The van der Waals surface area contributed by atoms with Gasteiger partial charge in [-0.1, -0.05) is 6.08 Å². The van der Waals surface area contributed by atoms with Crippen LogP contribution in [0.15, 0.2) is 11.6 Å². The van der Waals surface area contributed by atoms with E-state index in [1.54, 1.807) is 13.0 Å². The summed E-state index contributed by atoms with van der Waals surface area (Å²) in [5, 5.41) is 8.83. The number of hydrogen-bond acceptors (Lipinski definition) is 3. The van der Waals surface area contributed by atoms with E-state index in [1.807, 2.05) is 0 Å². The lowest BCUT2D eigenvalue weighted by atomic mass is 10.0. The Labute approximate surface area is 82.0 Å². The van der Waals surface area contributed by atoms with Crippen molar-refractivity contribution in [3.63, 3.8) is 0 Å². The molecule has 5 nitrogen and oxygen atoms in total. The number of carboxylic acid groups (broad SMARTS) is 1. The maximum Gasteiger partial charge on any atom is 0.407 e. The maximum atomic E-state index is 11.1. The lowest BCUT2D eigenvalue weighted by molar-refractivity contribution is -0.136. The fourth-order valence-electron chi connectivity index (χ4n) is 1.38. The van der Waals surface area contributed by atoms with Crippen LogP contribution in [0.3, 0.4) is 0 Å². The zero-order chi connectivity index (χ0) is 10.7. The molecule has 1 atom stereocenters. The van der Waals surface area contributed by atoms with Crippen LogP contribution >= 0.6 is 0 Å². The van der Waals surface area contributed by atoms with Crippen molar-refractivity contribution in [2.45, 2.75) is 19.4 Å². The first kappa shape index (κ1) is 10.6. The highest BCUT2D eigenvalue weighted by Crippen LogP contribution is 2.16. The third-order valence-corrected chi connectivity index (χ3v) is 2.27. The largest absolute Gasteiger partial charge is 0.466 e. The second kappa shape index (κ2) is 4.13. The molecule has 0 aliphatic carbocycles. The summed E-state index contributed by atoms with van der Waals surface area (Å²) in [7, 11) is 1.28. The van der Waals surface area contributed by atoms with Crippen LogP contribution in [0.25, 0.3) is 0 Å². The van der Waals surface area contributed by atoms with E-state index in [0.29, 0.717) is 12.0 Å². The second-order valence-electron chi connectivity index (χ2n) is 3.22. The number of amides is 1. The summed E-state index contributed by atoms with van der Waals surface area (Å²) in [6.07, 6.45) is 1.28. The minimum atomic E-state index is -1.01. The van der Waals surface area contributed by atoms with E-state index in [9.17, 15) is 9.59 Å². The third-order valence-electron chi connectivity index (χ3n) is 2.27. The van der Waals surface area contributed by atoms with E-state index < -0.39 is 12.1 Å². The molecule has 0 aromatic carbocycles. The van der Waals surface area contributed by atoms with E-state index in [2.05, 4.69) is 4.74 Å². The van der Waals surface area contributed by atoms with Gasteiger partial charge in [0.1, 0.15) is 0 Å². The summed E-state index contributed by atoms with van der Waals surface area (Å²) in [5.41, 5.74) is 0.410. The number of rotatable bonds is 1. The molecule has 1 amide bonds. The Hall–Kier alpha value is -1.52. The van der Waals surface area contributed by atoms with E-state index in [1.165, 1.54) is 12.0 Å². The highest BCUT2D eigenvalue weighted by Gasteiger charge is 2.26. The first-order chi connectivity index (χ1) is 6.56. The lowest BCUT2D eigenvalue weighted by Gasteiger charge is -2.29. The van der Waals surface area contributed by atoms with Gasteiger partial charge >= 0.3 is 12.1 Å². The Morgan fingerprint density at radius 3 is 2.79 bits per heavy atom. The normalized spacial score (nSPS) is 21.4. The molecule has 1 rings (SSSR count). The zero-order valence-electron chi connectivity index (χ0n) is 8.19. The number of carbonyl (C=O) groups is 2. The molecule has 5 heteroatoms. The van der Waals surface area contributed by atoms with E-state index in [4.69, 9.17) is 5.11 Å². The van der Waals surface area contributed by atoms with Crippen molar-refractivity contribution >= 4 is 12.1 Å². The number of nitrogens with zero attached hydrogens (tertiary/aromatic N) is 1. The molecule has 0 saturated heterocycles. The van der Waals surface area contributed by atoms with Crippen molar-refractivity contribution in [3.8, 4) is 0 Å². The molecule has 1 N–H and O–H groups in total. The highest BCUT2D eigenvalue weighted by molar-refractivity contribution is 5.89. The Kier molecular flexibility index (Phi) is 3.11. The Morgan fingerprint density at radius 2 is 2.29 bits per heavy atom. The predicted octanol–water partition coefficient (Wildman–Crippen LogP) is 0.858. The molecule has 14 heavy (non-hydrogen) atoms. The van der Waals surface area contributed by atoms with Gasteiger partial charge in [-0.15, -0.1) is 0 Å². The highest BCUT2D eigenvalue weighted by atomic mass is 16.5. The van der Waals surface area contributed by atoms with Gasteiger partial charge in [0.2, 0.25) is 0 Å². The summed E-state index contributed by atoms with van der Waals surface area (Å²) in [5.74, 6) is -0.455. The molecular weight excluding hydrogens is 186 g/mol. The fraction of sp³-hybridized carbons (Fsp3) is 0.556. The summed E-state index contributed by atoms with van der Waals surface area (Å²) >= 11 is 0. The Morgan fingerprint density at radius 1 is 1.64 bits per heavy atom. The van der Waals surface area contributed by atoms with Crippen LogP contribution in [-0.4, -0.2) is 41.8 Å². The monoisotopic (exact) mass is 199 g/mol.